The van der Waals surface area contributed by atoms with Crippen LogP contribution in [0.25, 0.3) is 0 Å². The summed E-state index contributed by atoms with van der Waals surface area (Å²) in [6.07, 6.45) is 2.60. The average molecular weight is 247 g/mol. The fourth-order valence-corrected chi connectivity index (χ4v) is 2.39. The number of hydrogen-bond donors (Lipinski definition) is 1. The first kappa shape index (κ1) is 13.1. The van der Waals surface area contributed by atoms with E-state index in [0.717, 1.165) is 30.5 Å². The van der Waals surface area contributed by atoms with E-state index in [2.05, 4.69) is 18.3 Å². The molecule has 2 rings (SSSR count). The third-order valence-corrected chi connectivity index (χ3v) is 3.58. The van der Waals surface area contributed by atoms with Gasteiger partial charge >= 0.3 is 0 Å². The molecule has 98 valence electrons. The molecule has 0 atom stereocenters. The average Bonchev–Trinajstić information content (AvgIpc) is 2.42. The molecule has 0 saturated carbocycles. The molecular formula is C15H21NO2. The molecule has 3 nitrogen and oxygen atoms in total. The van der Waals surface area contributed by atoms with Crippen molar-refractivity contribution in [3.63, 3.8) is 0 Å². The first-order valence-corrected chi connectivity index (χ1v) is 6.69. The molecule has 3 heteroatoms. The molecule has 1 heterocycles. The van der Waals surface area contributed by atoms with Crippen molar-refractivity contribution in [2.45, 2.75) is 33.1 Å². The van der Waals surface area contributed by atoms with Gasteiger partial charge in [0.25, 0.3) is 0 Å². The number of ether oxygens (including phenoxy) is 1. The van der Waals surface area contributed by atoms with Crippen molar-refractivity contribution in [2.75, 3.05) is 18.5 Å². The van der Waals surface area contributed by atoms with E-state index in [-0.39, 0.29) is 11.8 Å². The van der Waals surface area contributed by atoms with Crippen molar-refractivity contribution in [3.8, 4) is 0 Å². The van der Waals surface area contributed by atoms with Crippen LogP contribution in [0, 0.1) is 12.8 Å². The molecule has 1 fully saturated rings. The first-order chi connectivity index (χ1) is 8.72. The van der Waals surface area contributed by atoms with Crippen LogP contribution in [-0.2, 0) is 16.0 Å². The van der Waals surface area contributed by atoms with E-state index in [9.17, 15) is 4.79 Å². The lowest BCUT2D eigenvalue weighted by Gasteiger charge is -2.22. The Labute approximate surface area is 109 Å². The predicted molar refractivity (Wildman–Crippen MR) is 72.7 cm³/mol. The van der Waals surface area contributed by atoms with Crippen LogP contribution in [0.2, 0.25) is 0 Å². The summed E-state index contributed by atoms with van der Waals surface area (Å²) in [5, 5.41) is 3.10. The Kier molecular flexibility index (Phi) is 4.37. The van der Waals surface area contributed by atoms with Crippen molar-refractivity contribution in [2.24, 2.45) is 5.92 Å². The minimum Gasteiger partial charge on any atom is -0.381 e. The molecule has 1 amide bonds. The summed E-state index contributed by atoms with van der Waals surface area (Å²) in [5.74, 6) is 0.241. The number of benzene rings is 1. The van der Waals surface area contributed by atoms with Crippen LogP contribution in [0.1, 0.15) is 30.9 Å². The van der Waals surface area contributed by atoms with Crippen LogP contribution in [0.5, 0.6) is 0 Å². The van der Waals surface area contributed by atoms with E-state index in [1.807, 2.05) is 19.1 Å². The monoisotopic (exact) mass is 247 g/mol. The van der Waals surface area contributed by atoms with E-state index in [0.29, 0.717) is 13.2 Å². The van der Waals surface area contributed by atoms with Gasteiger partial charge in [0, 0.05) is 24.8 Å². The van der Waals surface area contributed by atoms with Crippen molar-refractivity contribution in [1.82, 2.24) is 0 Å². The molecule has 1 aromatic rings. The Morgan fingerprint density at radius 2 is 2.11 bits per heavy atom. The number of carbonyl (C=O) groups is 1. The zero-order chi connectivity index (χ0) is 13.0. The largest absolute Gasteiger partial charge is 0.381 e. The summed E-state index contributed by atoms with van der Waals surface area (Å²) in [5.41, 5.74) is 3.33. The second kappa shape index (κ2) is 6.01. The molecule has 1 N–H and O–H groups in total. The molecular weight excluding hydrogens is 226 g/mol. The van der Waals surface area contributed by atoms with Crippen LogP contribution >= 0.6 is 0 Å². The van der Waals surface area contributed by atoms with Crippen molar-refractivity contribution >= 4 is 11.6 Å². The molecule has 0 aromatic heterocycles. The van der Waals surface area contributed by atoms with Crippen LogP contribution < -0.4 is 5.32 Å². The molecule has 18 heavy (non-hydrogen) atoms. The summed E-state index contributed by atoms with van der Waals surface area (Å²) in [4.78, 5) is 12.2. The highest BCUT2D eigenvalue weighted by Gasteiger charge is 2.22. The number of nitrogens with one attached hydrogen (secondary N) is 1. The van der Waals surface area contributed by atoms with Gasteiger partial charge < -0.3 is 10.1 Å². The smallest absolute Gasteiger partial charge is 0.227 e. The van der Waals surface area contributed by atoms with E-state index < -0.39 is 0 Å². The lowest BCUT2D eigenvalue weighted by molar-refractivity contribution is -0.122. The van der Waals surface area contributed by atoms with E-state index >= 15 is 0 Å². The van der Waals surface area contributed by atoms with Gasteiger partial charge in [-0.3, -0.25) is 4.79 Å². The fraction of sp³-hybridized carbons (Fsp3) is 0.533. The second-order valence-electron chi connectivity index (χ2n) is 4.84. The zero-order valence-electron chi connectivity index (χ0n) is 11.2. The van der Waals surface area contributed by atoms with Crippen LogP contribution in [-0.4, -0.2) is 19.1 Å². The highest BCUT2D eigenvalue weighted by Crippen LogP contribution is 2.23. The molecule has 0 spiro atoms. The maximum atomic E-state index is 12.2. The highest BCUT2D eigenvalue weighted by molar-refractivity contribution is 5.94. The Hall–Kier alpha value is -1.35. The van der Waals surface area contributed by atoms with E-state index in [1.165, 1.54) is 5.56 Å². The lowest BCUT2D eigenvalue weighted by atomic mass is 9.98. The van der Waals surface area contributed by atoms with E-state index in [1.54, 1.807) is 0 Å². The summed E-state index contributed by atoms with van der Waals surface area (Å²) < 4.78 is 5.29. The predicted octanol–water partition coefficient (Wildman–Crippen LogP) is 2.92. The third kappa shape index (κ3) is 2.91. The number of amides is 1. The Bertz CT molecular complexity index is 423. The standard InChI is InChI=1S/C15H21NO2/c1-3-12-6-4-5-11(2)14(12)16-15(17)13-7-9-18-10-8-13/h4-6,13H,3,7-10H2,1-2H3,(H,16,17). The van der Waals surface area contributed by atoms with Gasteiger partial charge in [-0.05, 0) is 37.3 Å². The van der Waals surface area contributed by atoms with Gasteiger partial charge in [0.1, 0.15) is 0 Å². The Balaban J connectivity index is 2.10. The molecule has 0 unspecified atom stereocenters. The molecule has 0 aliphatic carbocycles. The normalized spacial score (nSPS) is 16.6. The number of aryl methyl sites for hydroxylation is 2. The number of rotatable bonds is 3. The van der Waals surface area contributed by atoms with Crippen molar-refractivity contribution in [3.05, 3.63) is 29.3 Å². The van der Waals surface area contributed by atoms with Crippen LogP contribution in [0.15, 0.2) is 18.2 Å². The number of para-hydroxylation sites is 1. The first-order valence-electron chi connectivity index (χ1n) is 6.69. The van der Waals surface area contributed by atoms with Gasteiger partial charge in [-0.1, -0.05) is 25.1 Å². The molecule has 1 aromatic carbocycles. The molecule has 0 radical (unpaired) electrons. The summed E-state index contributed by atoms with van der Waals surface area (Å²) >= 11 is 0. The fourth-order valence-electron chi connectivity index (χ4n) is 2.39. The van der Waals surface area contributed by atoms with Crippen LogP contribution in [0.3, 0.4) is 0 Å². The maximum absolute atomic E-state index is 12.2. The summed E-state index contributed by atoms with van der Waals surface area (Å²) in [7, 11) is 0. The number of carbonyl (C=O) groups excluding carboxylic acids is 1. The number of anilines is 1. The highest BCUT2D eigenvalue weighted by atomic mass is 16.5. The van der Waals surface area contributed by atoms with Gasteiger partial charge in [0.05, 0.1) is 0 Å². The van der Waals surface area contributed by atoms with Crippen molar-refractivity contribution in [1.29, 1.82) is 0 Å². The van der Waals surface area contributed by atoms with Gasteiger partial charge in [0.15, 0.2) is 0 Å². The van der Waals surface area contributed by atoms with Gasteiger partial charge in [-0.15, -0.1) is 0 Å². The molecule has 0 bridgehead atoms. The van der Waals surface area contributed by atoms with Gasteiger partial charge in [-0.25, -0.2) is 0 Å². The minimum atomic E-state index is 0.100. The molecule has 1 aliphatic heterocycles. The summed E-state index contributed by atoms with van der Waals surface area (Å²) in [6, 6.07) is 6.16. The molecule has 1 aliphatic rings. The second-order valence-corrected chi connectivity index (χ2v) is 4.84. The maximum Gasteiger partial charge on any atom is 0.227 e. The quantitative estimate of drug-likeness (QED) is 0.892. The van der Waals surface area contributed by atoms with Gasteiger partial charge in [-0.2, -0.15) is 0 Å². The zero-order valence-corrected chi connectivity index (χ0v) is 11.2. The van der Waals surface area contributed by atoms with Crippen molar-refractivity contribution < 1.29 is 9.53 Å². The van der Waals surface area contributed by atoms with Gasteiger partial charge in [0.2, 0.25) is 5.91 Å². The van der Waals surface area contributed by atoms with Crippen LogP contribution in [0.4, 0.5) is 5.69 Å². The Morgan fingerprint density at radius 1 is 1.39 bits per heavy atom. The number of hydrogen-bond acceptors (Lipinski definition) is 2. The topological polar surface area (TPSA) is 38.3 Å². The minimum absolute atomic E-state index is 0.100. The molecule has 1 saturated heterocycles. The summed E-state index contributed by atoms with van der Waals surface area (Å²) in [6.45, 7) is 5.55. The lowest BCUT2D eigenvalue weighted by Crippen LogP contribution is -2.29. The third-order valence-electron chi connectivity index (χ3n) is 3.58. The van der Waals surface area contributed by atoms with E-state index in [4.69, 9.17) is 4.74 Å². The SMILES string of the molecule is CCc1cccc(C)c1NC(=O)C1CCOCC1. The Morgan fingerprint density at radius 3 is 2.78 bits per heavy atom.